The molecule has 1 fully saturated rings. The number of anilines is 1. The second-order valence-electron chi connectivity index (χ2n) is 5.21. The SMILES string of the molecule is Nc1cn(C2CCCCC2)nc1-c1ccc(F)cc1. The van der Waals surface area contributed by atoms with Crippen molar-refractivity contribution in [1.29, 1.82) is 0 Å². The maximum Gasteiger partial charge on any atom is 0.123 e. The minimum atomic E-state index is -0.242. The molecule has 1 heterocycles. The van der Waals surface area contributed by atoms with Gasteiger partial charge in [0.2, 0.25) is 0 Å². The minimum Gasteiger partial charge on any atom is -0.396 e. The summed E-state index contributed by atoms with van der Waals surface area (Å²) < 4.78 is 14.9. The summed E-state index contributed by atoms with van der Waals surface area (Å²) in [4.78, 5) is 0. The Morgan fingerprint density at radius 2 is 1.79 bits per heavy atom. The molecule has 0 aliphatic heterocycles. The molecule has 3 rings (SSSR count). The van der Waals surface area contributed by atoms with E-state index in [4.69, 9.17) is 5.73 Å². The highest BCUT2D eigenvalue weighted by Crippen LogP contribution is 2.31. The lowest BCUT2D eigenvalue weighted by molar-refractivity contribution is 0.330. The van der Waals surface area contributed by atoms with Crippen LogP contribution in [0.25, 0.3) is 11.3 Å². The number of nitrogens with zero attached hydrogens (tertiary/aromatic N) is 2. The van der Waals surface area contributed by atoms with Crippen molar-refractivity contribution in [3.8, 4) is 11.3 Å². The second kappa shape index (κ2) is 5.03. The number of halogens is 1. The third kappa shape index (κ3) is 2.48. The zero-order chi connectivity index (χ0) is 13.2. The van der Waals surface area contributed by atoms with E-state index in [1.165, 1.54) is 44.2 Å². The summed E-state index contributed by atoms with van der Waals surface area (Å²) in [6, 6.07) is 6.78. The van der Waals surface area contributed by atoms with Crippen molar-refractivity contribution < 1.29 is 4.39 Å². The molecule has 0 atom stereocenters. The van der Waals surface area contributed by atoms with Crippen LogP contribution in [0.4, 0.5) is 10.1 Å². The number of benzene rings is 1. The van der Waals surface area contributed by atoms with Crippen molar-refractivity contribution in [1.82, 2.24) is 9.78 Å². The van der Waals surface area contributed by atoms with Gasteiger partial charge in [0.1, 0.15) is 11.5 Å². The quantitative estimate of drug-likeness (QED) is 0.892. The molecule has 100 valence electrons. The van der Waals surface area contributed by atoms with E-state index < -0.39 is 0 Å². The van der Waals surface area contributed by atoms with Crippen LogP contribution in [0.15, 0.2) is 30.5 Å². The van der Waals surface area contributed by atoms with Crippen LogP contribution in [0.1, 0.15) is 38.1 Å². The van der Waals surface area contributed by atoms with Gasteiger partial charge in [0, 0.05) is 11.8 Å². The highest BCUT2D eigenvalue weighted by atomic mass is 19.1. The van der Waals surface area contributed by atoms with Gasteiger partial charge in [-0.25, -0.2) is 4.39 Å². The monoisotopic (exact) mass is 259 g/mol. The Morgan fingerprint density at radius 1 is 1.11 bits per heavy atom. The summed E-state index contributed by atoms with van der Waals surface area (Å²) in [6.45, 7) is 0. The number of nitrogen functional groups attached to an aromatic ring is 1. The summed E-state index contributed by atoms with van der Waals surface area (Å²) in [7, 11) is 0. The highest BCUT2D eigenvalue weighted by Gasteiger charge is 2.18. The lowest BCUT2D eigenvalue weighted by Gasteiger charge is -2.21. The van der Waals surface area contributed by atoms with E-state index in [9.17, 15) is 4.39 Å². The van der Waals surface area contributed by atoms with Crippen molar-refractivity contribution >= 4 is 5.69 Å². The van der Waals surface area contributed by atoms with Crippen LogP contribution in [0, 0.1) is 5.82 Å². The van der Waals surface area contributed by atoms with Crippen LogP contribution < -0.4 is 5.73 Å². The maximum absolute atomic E-state index is 12.9. The molecule has 19 heavy (non-hydrogen) atoms. The zero-order valence-electron chi connectivity index (χ0n) is 10.8. The van der Waals surface area contributed by atoms with E-state index >= 15 is 0 Å². The van der Waals surface area contributed by atoms with Crippen LogP contribution in [0.5, 0.6) is 0 Å². The van der Waals surface area contributed by atoms with Gasteiger partial charge in [-0.3, -0.25) is 4.68 Å². The number of hydrogen-bond acceptors (Lipinski definition) is 2. The molecular formula is C15H18FN3. The van der Waals surface area contributed by atoms with E-state index in [2.05, 4.69) is 5.10 Å². The van der Waals surface area contributed by atoms with Gasteiger partial charge in [0.25, 0.3) is 0 Å². The Bertz CT molecular complexity index is 553. The lowest BCUT2D eigenvalue weighted by Crippen LogP contribution is -2.13. The third-order valence-electron chi connectivity index (χ3n) is 3.83. The molecular weight excluding hydrogens is 241 g/mol. The molecule has 1 aliphatic carbocycles. The molecule has 0 bridgehead atoms. The minimum absolute atomic E-state index is 0.242. The first-order valence-corrected chi connectivity index (χ1v) is 6.84. The molecule has 1 aliphatic rings. The molecule has 0 unspecified atom stereocenters. The Kier molecular flexibility index (Phi) is 3.23. The molecule has 1 saturated carbocycles. The van der Waals surface area contributed by atoms with E-state index in [1.54, 1.807) is 12.1 Å². The summed E-state index contributed by atoms with van der Waals surface area (Å²) in [6.07, 6.45) is 8.09. The fraction of sp³-hybridized carbons (Fsp3) is 0.400. The maximum atomic E-state index is 12.9. The Labute approximate surface area is 112 Å². The van der Waals surface area contributed by atoms with Crippen molar-refractivity contribution in [2.45, 2.75) is 38.1 Å². The van der Waals surface area contributed by atoms with E-state index in [0.29, 0.717) is 11.7 Å². The molecule has 0 radical (unpaired) electrons. The molecule has 2 N–H and O–H groups in total. The predicted octanol–water partition coefficient (Wildman–Crippen LogP) is 3.78. The predicted molar refractivity (Wildman–Crippen MR) is 74.2 cm³/mol. The summed E-state index contributed by atoms with van der Waals surface area (Å²) in [5.74, 6) is -0.242. The van der Waals surface area contributed by atoms with Gasteiger partial charge in [0.05, 0.1) is 11.7 Å². The van der Waals surface area contributed by atoms with Crippen molar-refractivity contribution in [2.24, 2.45) is 0 Å². The Balaban J connectivity index is 1.90. The van der Waals surface area contributed by atoms with Gasteiger partial charge in [-0.2, -0.15) is 5.10 Å². The number of aromatic nitrogens is 2. The van der Waals surface area contributed by atoms with Gasteiger partial charge in [0.15, 0.2) is 0 Å². The van der Waals surface area contributed by atoms with Gasteiger partial charge in [-0.1, -0.05) is 19.3 Å². The molecule has 4 heteroatoms. The second-order valence-corrected chi connectivity index (χ2v) is 5.21. The average molecular weight is 259 g/mol. The third-order valence-corrected chi connectivity index (χ3v) is 3.83. The summed E-state index contributed by atoms with van der Waals surface area (Å²) in [5.41, 5.74) is 8.33. The standard InChI is InChI=1S/C15H18FN3/c16-12-8-6-11(7-9-12)15-14(17)10-19(18-15)13-4-2-1-3-5-13/h6-10,13H,1-5,17H2. The van der Waals surface area contributed by atoms with Crippen LogP contribution in [-0.4, -0.2) is 9.78 Å². The van der Waals surface area contributed by atoms with E-state index in [1.807, 2.05) is 10.9 Å². The van der Waals surface area contributed by atoms with Crippen molar-refractivity contribution in [3.05, 3.63) is 36.3 Å². The topological polar surface area (TPSA) is 43.8 Å². The van der Waals surface area contributed by atoms with E-state index in [-0.39, 0.29) is 5.82 Å². The zero-order valence-corrected chi connectivity index (χ0v) is 10.8. The van der Waals surface area contributed by atoms with Crippen LogP contribution in [0.2, 0.25) is 0 Å². The van der Waals surface area contributed by atoms with Crippen LogP contribution in [-0.2, 0) is 0 Å². The lowest BCUT2D eigenvalue weighted by atomic mass is 9.96. The van der Waals surface area contributed by atoms with Gasteiger partial charge in [-0.05, 0) is 37.1 Å². The highest BCUT2D eigenvalue weighted by molar-refractivity contribution is 5.71. The van der Waals surface area contributed by atoms with Crippen LogP contribution >= 0.6 is 0 Å². The van der Waals surface area contributed by atoms with Crippen molar-refractivity contribution in [3.63, 3.8) is 0 Å². The van der Waals surface area contributed by atoms with Gasteiger partial charge in [-0.15, -0.1) is 0 Å². The molecule has 1 aromatic carbocycles. The summed E-state index contributed by atoms with van der Waals surface area (Å²) in [5, 5.41) is 4.60. The van der Waals surface area contributed by atoms with Crippen LogP contribution in [0.3, 0.4) is 0 Å². The average Bonchev–Trinajstić information content (AvgIpc) is 2.83. The smallest absolute Gasteiger partial charge is 0.123 e. The fourth-order valence-electron chi connectivity index (χ4n) is 2.77. The molecule has 0 spiro atoms. The first-order chi connectivity index (χ1) is 9.24. The fourth-order valence-corrected chi connectivity index (χ4v) is 2.77. The Hall–Kier alpha value is -1.84. The number of hydrogen-bond donors (Lipinski definition) is 1. The molecule has 2 aromatic rings. The number of nitrogens with two attached hydrogens (primary N) is 1. The normalized spacial score (nSPS) is 16.7. The van der Waals surface area contributed by atoms with Gasteiger partial charge >= 0.3 is 0 Å². The Morgan fingerprint density at radius 3 is 2.47 bits per heavy atom. The molecule has 0 saturated heterocycles. The summed E-state index contributed by atoms with van der Waals surface area (Å²) >= 11 is 0. The van der Waals surface area contributed by atoms with E-state index in [0.717, 1.165) is 11.3 Å². The van der Waals surface area contributed by atoms with Crippen molar-refractivity contribution in [2.75, 3.05) is 5.73 Å². The largest absolute Gasteiger partial charge is 0.396 e. The number of rotatable bonds is 2. The van der Waals surface area contributed by atoms with Gasteiger partial charge < -0.3 is 5.73 Å². The molecule has 1 aromatic heterocycles. The molecule has 0 amide bonds. The first-order valence-electron chi connectivity index (χ1n) is 6.84. The first kappa shape index (κ1) is 12.2. The molecule has 3 nitrogen and oxygen atoms in total.